The number of likely N-dealkylation sites (N-methyl/N-ethyl adjacent to an activating group) is 2. The van der Waals surface area contributed by atoms with Gasteiger partial charge in [0.05, 0.1) is 12.7 Å². The molecule has 0 aromatic rings. The monoisotopic (exact) mass is 168 g/mol. The summed E-state index contributed by atoms with van der Waals surface area (Å²) in [5, 5.41) is 0. The molecule has 3 heteroatoms. The van der Waals surface area contributed by atoms with Crippen LogP contribution in [0.4, 0.5) is 0 Å². The van der Waals surface area contributed by atoms with Crippen molar-refractivity contribution in [3.05, 3.63) is 0 Å². The Balaban J connectivity index is 2.10. The van der Waals surface area contributed by atoms with Gasteiger partial charge in [0.25, 0.3) is 0 Å². The second kappa shape index (κ2) is 2.73. The lowest BCUT2D eigenvalue weighted by molar-refractivity contribution is -0.126. The van der Waals surface area contributed by atoms with Gasteiger partial charge in [0.15, 0.2) is 0 Å². The minimum Gasteiger partial charge on any atom is -0.329 e. The maximum Gasteiger partial charge on any atom is 0.237 e. The van der Waals surface area contributed by atoms with Gasteiger partial charge in [0, 0.05) is 7.05 Å². The molecule has 0 N–H and O–H groups in total. The fraction of sp³-hybridized carbons (Fsp3) is 0.889. The van der Waals surface area contributed by atoms with Crippen LogP contribution in [0.5, 0.6) is 0 Å². The molecule has 0 bridgehead atoms. The molecular formula is C9H16N2O. The molecule has 1 atom stereocenters. The number of amides is 1. The van der Waals surface area contributed by atoms with E-state index in [0.29, 0.717) is 12.7 Å². The Morgan fingerprint density at radius 1 is 1.50 bits per heavy atom. The van der Waals surface area contributed by atoms with Crippen LogP contribution in [0.1, 0.15) is 19.8 Å². The van der Waals surface area contributed by atoms with Crippen molar-refractivity contribution in [3.8, 4) is 0 Å². The highest BCUT2D eigenvalue weighted by atomic mass is 16.2. The van der Waals surface area contributed by atoms with Gasteiger partial charge in [-0.05, 0) is 25.3 Å². The number of hydrogen-bond donors (Lipinski definition) is 0. The fourth-order valence-electron chi connectivity index (χ4n) is 2.08. The van der Waals surface area contributed by atoms with Gasteiger partial charge in [-0.3, -0.25) is 9.69 Å². The van der Waals surface area contributed by atoms with E-state index in [4.69, 9.17) is 0 Å². The normalized spacial score (nSPS) is 31.7. The predicted molar refractivity (Wildman–Crippen MR) is 46.5 cm³/mol. The molecule has 1 unspecified atom stereocenters. The van der Waals surface area contributed by atoms with Gasteiger partial charge in [0.2, 0.25) is 5.91 Å². The van der Waals surface area contributed by atoms with Crippen molar-refractivity contribution in [1.29, 1.82) is 0 Å². The number of rotatable bonds is 2. The largest absolute Gasteiger partial charge is 0.329 e. The third-order valence-corrected chi connectivity index (χ3v) is 2.95. The lowest BCUT2D eigenvalue weighted by Gasteiger charge is -2.26. The minimum absolute atomic E-state index is 0.286. The van der Waals surface area contributed by atoms with Gasteiger partial charge in [-0.25, -0.2) is 0 Å². The van der Waals surface area contributed by atoms with Gasteiger partial charge < -0.3 is 4.90 Å². The molecule has 68 valence electrons. The van der Waals surface area contributed by atoms with Crippen LogP contribution in [0.3, 0.4) is 0 Å². The van der Waals surface area contributed by atoms with E-state index < -0.39 is 0 Å². The highest BCUT2D eigenvalue weighted by Gasteiger charge is 2.43. The van der Waals surface area contributed by atoms with Gasteiger partial charge in [-0.15, -0.1) is 0 Å². The first-order valence-electron chi connectivity index (χ1n) is 4.73. The molecule has 2 aliphatic rings. The molecule has 1 amide bonds. The number of hydrogen-bond acceptors (Lipinski definition) is 2. The Morgan fingerprint density at radius 3 is 2.67 bits per heavy atom. The minimum atomic E-state index is 0.286. The maximum absolute atomic E-state index is 11.4. The summed E-state index contributed by atoms with van der Waals surface area (Å²) in [7, 11) is 1.93. The SMILES string of the molecule is CCN1CC(=O)N(C)C1C1CC1. The lowest BCUT2D eigenvalue weighted by Crippen LogP contribution is -2.38. The zero-order chi connectivity index (χ0) is 8.72. The molecule has 2 rings (SSSR count). The van der Waals surface area contributed by atoms with Crippen LogP contribution in [0.25, 0.3) is 0 Å². The lowest BCUT2D eigenvalue weighted by atomic mass is 10.3. The van der Waals surface area contributed by atoms with Gasteiger partial charge in [0.1, 0.15) is 0 Å². The molecule has 1 aliphatic carbocycles. The summed E-state index contributed by atoms with van der Waals surface area (Å²) in [6, 6.07) is 0. The van der Waals surface area contributed by atoms with E-state index in [9.17, 15) is 4.79 Å². The van der Waals surface area contributed by atoms with Crippen molar-refractivity contribution in [2.24, 2.45) is 5.92 Å². The quantitative estimate of drug-likeness (QED) is 0.600. The van der Waals surface area contributed by atoms with E-state index in [1.54, 1.807) is 0 Å². The van der Waals surface area contributed by atoms with Crippen molar-refractivity contribution in [2.75, 3.05) is 20.1 Å². The first-order chi connectivity index (χ1) is 5.74. The van der Waals surface area contributed by atoms with Crippen molar-refractivity contribution in [1.82, 2.24) is 9.80 Å². The fourth-order valence-corrected chi connectivity index (χ4v) is 2.08. The number of nitrogens with zero attached hydrogens (tertiary/aromatic N) is 2. The highest BCUT2D eigenvalue weighted by molar-refractivity contribution is 5.80. The number of carbonyl (C=O) groups excluding carboxylic acids is 1. The average Bonchev–Trinajstić information content (AvgIpc) is 2.82. The molecule has 1 saturated carbocycles. The summed E-state index contributed by atoms with van der Waals surface area (Å²) in [6.07, 6.45) is 3.03. The molecule has 1 saturated heterocycles. The van der Waals surface area contributed by atoms with E-state index in [0.717, 1.165) is 12.5 Å². The molecule has 1 aliphatic heterocycles. The maximum atomic E-state index is 11.4. The van der Waals surface area contributed by atoms with E-state index in [-0.39, 0.29) is 5.91 Å². The second-order valence-corrected chi connectivity index (χ2v) is 3.82. The Kier molecular flexibility index (Phi) is 1.83. The van der Waals surface area contributed by atoms with Crippen molar-refractivity contribution < 1.29 is 4.79 Å². The highest BCUT2D eigenvalue weighted by Crippen LogP contribution is 2.38. The van der Waals surface area contributed by atoms with Gasteiger partial charge >= 0.3 is 0 Å². The van der Waals surface area contributed by atoms with E-state index in [2.05, 4.69) is 11.8 Å². The molecule has 0 aromatic heterocycles. The van der Waals surface area contributed by atoms with Crippen LogP contribution < -0.4 is 0 Å². The van der Waals surface area contributed by atoms with E-state index >= 15 is 0 Å². The Morgan fingerprint density at radius 2 is 2.17 bits per heavy atom. The standard InChI is InChI=1S/C9H16N2O/c1-3-11-6-8(12)10(2)9(11)7-4-5-7/h7,9H,3-6H2,1-2H3. The van der Waals surface area contributed by atoms with E-state index in [1.807, 2.05) is 11.9 Å². The molecule has 0 aromatic carbocycles. The van der Waals surface area contributed by atoms with Gasteiger partial charge in [-0.1, -0.05) is 6.92 Å². The first-order valence-corrected chi connectivity index (χ1v) is 4.73. The molecular weight excluding hydrogens is 152 g/mol. The Labute approximate surface area is 73.3 Å². The van der Waals surface area contributed by atoms with Crippen LogP contribution in [-0.2, 0) is 4.79 Å². The Bertz CT molecular complexity index is 201. The first kappa shape index (κ1) is 8.05. The van der Waals surface area contributed by atoms with Crippen LogP contribution >= 0.6 is 0 Å². The zero-order valence-electron chi connectivity index (χ0n) is 7.79. The summed E-state index contributed by atoms with van der Waals surface area (Å²) >= 11 is 0. The zero-order valence-corrected chi connectivity index (χ0v) is 7.79. The van der Waals surface area contributed by atoms with Crippen LogP contribution in [0.2, 0.25) is 0 Å². The van der Waals surface area contributed by atoms with E-state index in [1.165, 1.54) is 12.8 Å². The van der Waals surface area contributed by atoms with Crippen LogP contribution in [-0.4, -0.2) is 42.0 Å². The predicted octanol–water partition coefficient (Wildman–Crippen LogP) is 0.516. The molecule has 1 heterocycles. The summed E-state index contributed by atoms with van der Waals surface area (Å²) in [5.41, 5.74) is 0. The van der Waals surface area contributed by atoms with Crippen molar-refractivity contribution >= 4 is 5.91 Å². The molecule has 3 nitrogen and oxygen atoms in total. The van der Waals surface area contributed by atoms with Crippen molar-refractivity contribution in [3.63, 3.8) is 0 Å². The average molecular weight is 168 g/mol. The third kappa shape index (κ3) is 1.12. The summed E-state index contributed by atoms with van der Waals surface area (Å²) in [6.45, 7) is 3.76. The second-order valence-electron chi connectivity index (χ2n) is 3.82. The smallest absolute Gasteiger partial charge is 0.237 e. The molecule has 12 heavy (non-hydrogen) atoms. The Hall–Kier alpha value is -0.570. The molecule has 0 spiro atoms. The number of carbonyl (C=O) groups is 1. The third-order valence-electron chi connectivity index (χ3n) is 2.95. The molecule has 0 radical (unpaired) electrons. The summed E-state index contributed by atoms with van der Waals surface area (Å²) < 4.78 is 0. The topological polar surface area (TPSA) is 23.6 Å². The van der Waals surface area contributed by atoms with Crippen LogP contribution in [0, 0.1) is 5.92 Å². The van der Waals surface area contributed by atoms with Crippen molar-refractivity contribution in [2.45, 2.75) is 25.9 Å². The summed E-state index contributed by atoms with van der Waals surface area (Å²) in [4.78, 5) is 15.6. The summed E-state index contributed by atoms with van der Waals surface area (Å²) in [5.74, 6) is 1.05. The molecule has 2 fully saturated rings. The van der Waals surface area contributed by atoms with Crippen LogP contribution in [0.15, 0.2) is 0 Å². The van der Waals surface area contributed by atoms with Gasteiger partial charge in [-0.2, -0.15) is 0 Å².